The van der Waals surface area contributed by atoms with Gasteiger partial charge < -0.3 is 15.5 Å². The Bertz CT molecular complexity index is 598. The van der Waals surface area contributed by atoms with Crippen molar-refractivity contribution in [2.24, 2.45) is 5.92 Å². The molecule has 2 rings (SSSR count). The molecule has 0 spiro atoms. The molecule has 1 aromatic carbocycles. The van der Waals surface area contributed by atoms with Gasteiger partial charge in [0.1, 0.15) is 0 Å². The zero-order valence-corrected chi connectivity index (χ0v) is 14.8. The Morgan fingerprint density at radius 2 is 1.80 bits per heavy atom. The zero-order valence-electron chi connectivity index (χ0n) is 14.8. The number of anilines is 1. The summed E-state index contributed by atoms with van der Waals surface area (Å²) in [5.41, 5.74) is 0.806. The monoisotopic (exact) mass is 346 g/mol. The van der Waals surface area contributed by atoms with Gasteiger partial charge in [0.25, 0.3) is 0 Å². The fraction of sp³-hybridized carbons (Fsp3) is 0.500. The molecule has 1 aromatic rings. The topological polar surface area (TPSA) is 81.8 Å². The molecule has 2 N–H and O–H groups in total. The summed E-state index contributed by atoms with van der Waals surface area (Å²) in [7, 11) is 3.17. The average molecular weight is 346 g/mol. The molecule has 1 heterocycles. The van der Waals surface area contributed by atoms with E-state index in [9.17, 15) is 14.4 Å². The van der Waals surface area contributed by atoms with Crippen molar-refractivity contribution in [2.45, 2.75) is 12.8 Å². The van der Waals surface area contributed by atoms with E-state index in [2.05, 4.69) is 10.6 Å². The summed E-state index contributed by atoms with van der Waals surface area (Å²) in [4.78, 5) is 39.2. The third-order valence-corrected chi connectivity index (χ3v) is 4.44. The van der Waals surface area contributed by atoms with E-state index in [1.54, 1.807) is 14.1 Å². The van der Waals surface area contributed by atoms with Crippen LogP contribution in [-0.2, 0) is 14.4 Å². The van der Waals surface area contributed by atoms with E-state index in [1.807, 2.05) is 35.2 Å². The molecule has 7 heteroatoms. The Balaban J connectivity index is 1.74. The van der Waals surface area contributed by atoms with Crippen molar-refractivity contribution < 1.29 is 14.4 Å². The SMILES string of the molecule is CNC(=O)CN(C)C(=O)CN1CCC(C(=O)Nc2ccccc2)CC1. The molecule has 25 heavy (non-hydrogen) atoms. The first-order chi connectivity index (χ1) is 12.0. The maximum absolute atomic E-state index is 12.3. The lowest BCUT2D eigenvalue weighted by atomic mass is 9.95. The molecule has 7 nitrogen and oxygen atoms in total. The minimum Gasteiger partial charge on any atom is -0.358 e. The number of carbonyl (C=O) groups excluding carboxylic acids is 3. The van der Waals surface area contributed by atoms with Crippen LogP contribution in [0.2, 0.25) is 0 Å². The van der Waals surface area contributed by atoms with Gasteiger partial charge in [0.15, 0.2) is 0 Å². The summed E-state index contributed by atoms with van der Waals surface area (Å²) in [5, 5.41) is 5.44. The number of para-hydroxylation sites is 1. The number of nitrogens with one attached hydrogen (secondary N) is 2. The lowest BCUT2D eigenvalue weighted by Gasteiger charge is -2.31. The van der Waals surface area contributed by atoms with Gasteiger partial charge in [-0.2, -0.15) is 0 Å². The summed E-state index contributed by atoms with van der Waals surface area (Å²) >= 11 is 0. The molecule has 0 unspecified atom stereocenters. The van der Waals surface area contributed by atoms with Crippen LogP contribution in [0.4, 0.5) is 5.69 Å². The number of hydrogen-bond donors (Lipinski definition) is 2. The van der Waals surface area contributed by atoms with Gasteiger partial charge in [-0.25, -0.2) is 0 Å². The van der Waals surface area contributed by atoms with E-state index in [0.29, 0.717) is 13.1 Å². The van der Waals surface area contributed by atoms with E-state index in [-0.39, 0.29) is 36.7 Å². The smallest absolute Gasteiger partial charge is 0.239 e. The van der Waals surface area contributed by atoms with Crippen LogP contribution in [0.25, 0.3) is 0 Å². The summed E-state index contributed by atoms with van der Waals surface area (Å²) in [6, 6.07) is 9.42. The largest absolute Gasteiger partial charge is 0.358 e. The summed E-state index contributed by atoms with van der Waals surface area (Å²) < 4.78 is 0. The second-order valence-electron chi connectivity index (χ2n) is 6.33. The molecule has 3 amide bonds. The van der Waals surface area contributed by atoms with E-state index in [1.165, 1.54) is 4.90 Å². The standard InChI is InChI=1S/C18H26N4O3/c1-19-16(23)12-21(2)17(24)13-22-10-8-14(9-11-22)18(25)20-15-6-4-3-5-7-15/h3-7,14H,8-13H2,1-2H3,(H,19,23)(H,20,25). The van der Waals surface area contributed by atoms with Crippen LogP contribution in [0.3, 0.4) is 0 Å². The van der Waals surface area contributed by atoms with Crippen molar-refractivity contribution in [2.75, 3.05) is 45.6 Å². The first-order valence-corrected chi connectivity index (χ1v) is 8.52. The molecule has 1 aliphatic rings. The third-order valence-electron chi connectivity index (χ3n) is 4.44. The summed E-state index contributed by atoms with van der Waals surface area (Å²) in [6.45, 7) is 1.74. The third kappa shape index (κ3) is 5.86. The number of likely N-dealkylation sites (tertiary alicyclic amines) is 1. The van der Waals surface area contributed by atoms with Gasteiger partial charge in [0.2, 0.25) is 17.7 Å². The molecule has 0 aliphatic carbocycles. The van der Waals surface area contributed by atoms with Crippen LogP contribution >= 0.6 is 0 Å². The van der Waals surface area contributed by atoms with Gasteiger partial charge >= 0.3 is 0 Å². The number of benzene rings is 1. The maximum atomic E-state index is 12.3. The number of likely N-dealkylation sites (N-methyl/N-ethyl adjacent to an activating group) is 2. The van der Waals surface area contributed by atoms with Crippen LogP contribution < -0.4 is 10.6 Å². The van der Waals surface area contributed by atoms with Crippen molar-refractivity contribution >= 4 is 23.4 Å². The number of nitrogens with zero attached hydrogens (tertiary/aromatic N) is 2. The average Bonchev–Trinajstić information content (AvgIpc) is 2.62. The van der Waals surface area contributed by atoms with Crippen molar-refractivity contribution in [1.82, 2.24) is 15.1 Å². The number of carbonyl (C=O) groups is 3. The van der Waals surface area contributed by atoms with Gasteiger partial charge in [0.05, 0.1) is 13.1 Å². The summed E-state index contributed by atoms with van der Waals surface area (Å²) in [6.07, 6.45) is 1.45. The van der Waals surface area contributed by atoms with E-state index < -0.39 is 0 Å². The number of rotatable bonds is 6. The molecule has 1 aliphatic heterocycles. The fourth-order valence-electron chi connectivity index (χ4n) is 2.81. The number of piperidine rings is 1. The van der Waals surface area contributed by atoms with Crippen LogP contribution in [0, 0.1) is 5.92 Å². The van der Waals surface area contributed by atoms with Gasteiger partial charge in [-0.05, 0) is 38.1 Å². The van der Waals surface area contributed by atoms with E-state index >= 15 is 0 Å². The Labute approximate surface area is 148 Å². The van der Waals surface area contributed by atoms with Gasteiger partial charge in [-0.15, -0.1) is 0 Å². The minimum atomic E-state index is -0.188. The van der Waals surface area contributed by atoms with Gasteiger partial charge in [-0.1, -0.05) is 18.2 Å². The number of amides is 3. The minimum absolute atomic E-state index is 0.0323. The van der Waals surface area contributed by atoms with Crippen molar-refractivity contribution in [3.8, 4) is 0 Å². The van der Waals surface area contributed by atoms with Gasteiger partial charge in [0, 0.05) is 25.7 Å². The maximum Gasteiger partial charge on any atom is 0.239 e. The molecule has 1 fully saturated rings. The highest BCUT2D eigenvalue weighted by Crippen LogP contribution is 2.19. The first kappa shape index (κ1) is 18.9. The second-order valence-corrected chi connectivity index (χ2v) is 6.33. The Kier molecular flexibility index (Phi) is 6.94. The lowest BCUT2D eigenvalue weighted by molar-refractivity contribution is -0.135. The van der Waals surface area contributed by atoms with Crippen LogP contribution in [0.5, 0.6) is 0 Å². The molecular weight excluding hydrogens is 320 g/mol. The van der Waals surface area contributed by atoms with Crippen molar-refractivity contribution in [3.63, 3.8) is 0 Å². The fourth-order valence-corrected chi connectivity index (χ4v) is 2.81. The molecule has 0 atom stereocenters. The Morgan fingerprint density at radius 1 is 1.16 bits per heavy atom. The first-order valence-electron chi connectivity index (χ1n) is 8.52. The predicted octanol–water partition coefficient (Wildman–Crippen LogP) is 0.542. The quantitative estimate of drug-likeness (QED) is 0.788. The van der Waals surface area contributed by atoms with E-state index in [0.717, 1.165) is 18.5 Å². The highest BCUT2D eigenvalue weighted by atomic mass is 16.2. The molecule has 0 saturated carbocycles. The van der Waals surface area contributed by atoms with Crippen LogP contribution in [0.15, 0.2) is 30.3 Å². The molecule has 0 aromatic heterocycles. The highest BCUT2D eigenvalue weighted by molar-refractivity contribution is 5.92. The lowest BCUT2D eigenvalue weighted by Crippen LogP contribution is -2.45. The highest BCUT2D eigenvalue weighted by Gasteiger charge is 2.26. The Hall–Kier alpha value is -2.41. The Morgan fingerprint density at radius 3 is 2.40 bits per heavy atom. The molecule has 0 radical (unpaired) electrons. The van der Waals surface area contributed by atoms with Crippen LogP contribution in [0.1, 0.15) is 12.8 Å². The normalized spacial score (nSPS) is 15.4. The van der Waals surface area contributed by atoms with Crippen molar-refractivity contribution in [3.05, 3.63) is 30.3 Å². The predicted molar refractivity (Wildman–Crippen MR) is 95.9 cm³/mol. The number of hydrogen-bond acceptors (Lipinski definition) is 4. The molecular formula is C18H26N4O3. The molecule has 0 bridgehead atoms. The van der Waals surface area contributed by atoms with Crippen molar-refractivity contribution in [1.29, 1.82) is 0 Å². The second kappa shape index (κ2) is 9.17. The van der Waals surface area contributed by atoms with E-state index in [4.69, 9.17) is 0 Å². The molecule has 136 valence electrons. The van der Waals surface area contributed by atoms with Gasteiger partial charge in [-0.3, -0.25) is 19.3 Å². The van der Waals surface area contributed by atoms with Crippen LogP contribution in [-0.4, -0.2) is 67.8 Å². The zero-order chi connectivity index (χ0) is 18.2. The molecule has 1 saturated heterocycles. The summed E-state index contributed by atoms with van der Waals surface area (Å²) in [5.74, 6) is -0.271.